The van der Waals surface area contributed by atoms with Crippen molar-refractivity contribution in [1.82, 2.24) is 10.2 Å². The number of hydrogen-bond acceptors (Lipinski definition) is 4. The molecule has 15 heavy (non-hydrogen) atoms. The van der Waals surface area contributed by atoms with Gasteiger partial charge in [-0.15, -0.1) is 10.2 Å². The summed E-state index contributed by atoms with van der Waals surface area (Å²) in [4.78, 5) is 0. The molecule has 0 fully saturated rings. The molecule has 0 spiro atoms. The van der Waals surface area contributed by atoms with Crippen LogP contribution < -0.4 is 5.32 Å². The van der Waals surface area contributed by atoms with Crippen LogP contribution in [0.5, 0.6) is 0 Å². The third-order valence-corrected chi connectivity index (χ3v) is 3.19. The van der Waals surface area contributed by atoms with E-state index >= 15 is 0 Å². The van der Waals surface area contributed by atoms with Gasteiger partial charge in [0.05, 0.1) is 0 Å². The van der Waals surface area contributed by atoms with E-state index in [1.54, 1.807) is 11.6 Å². The van der Waals surface area contributed by atoms with E-state index in [9.17, 15) is 4.39 Å². The normalized spacial score (nSPS) is 10.3. The molecule has 0 aliphatic rings. The average molecular weight is 288 g/mol. The minimum atomic E-state index is -0.249. The number of rotatable bonds is 3. The summed E-state index contributed by atoms with van der Waals surface area (Å²) in [5.41, 5.74) is 2.63. The van der Waals surface area contributed by atoms with Crippen molar-refractivity contribution < 1.29 is 4.39 Å². The lowest BCUT2D eigenvalue weighted by molar-refractivity contribution is 0.626. The first kappa shape index (κ1) is 10.5. The van der Waals surface area contributed by atoms with Crippen LogP contribution in [0.3, 0.4) is 0 Å². The molecule has 1 N–H and O–H groups in total. The fourth-order valence-electron chi connectivity index (χ4n) is 1.09. The molecule has 0 bridgehead atoms. The van der Waals surface area contributed by atoms with E-state index < -0.39 is 0 Å². The number of anilines is 1. The second-order valence-electron chi connectivity index (χ2n) is 2.83. The molecule has 1 aromatic heterocycles. The van der Waals surface area contributed by atoms with Gasteiger partial charge in [-0.25, -0.2) is 4.39 Å². The van der Waals surface area contributed by atoms with Gasteiger partial charge in [-0.1, -0.05) is 33.3 Å². The van der Waals surface area contributed by atoms with Gasteiger partial charge in [0.25, 0.3) is 0 Å². The van der Waals surface area contributed by atoms with Gasteiger partial charge in [0, 0.05) is 11.0 Å². The molecule has 1 aromatic carbocycles. The standard InChI is InChI=1S/C9H7BrFN3S/c10-8-3-7(11)2-1-6(8)4-12-9-14-13-5-15-9/h1-3,5H,4H2,(H,12,14). The Kier molecular flexibility index (Phi) is 3.27. The zero-order valence-electron chi connectivity index (χ0n) is 7.58. The molecular weight excluding hydrogens is 281 g/mol. The molecule has 0 radical (unpaired) electrons. The molecule has 0 amide bonds. The van der Waals surface area contributed by atoms with Crippen LogP contribution in [-0.2, 0) is 6.54 Å². The van der Waals surface area contributed by atoms with Crippen LogP contribution in [0.4, 0.5) is 9.52 Å². The zero-order chi connectivity index (χ0) is 10.7. The number of nitrogens with zero attached hydrogens (tertiary/aromatic N) is 2. The van der Waals surface area contributed by atoms with Gasteiger partial charge >= 0.3 is 0 Å². The number of halogens is 2. The van der Waals surface area contributed by atoms with Gasteiger partial charge in [-0.05, 0) is 17.7 Å². The van der Waals surface area contributed by atoms with Crippen LogP contribution in [-0.4, -0.2) is 10.2 Å². The summed E-state index contributed by atoms with van der Waals surface area (Å²) < 4.78 is 13.5. The van der Waals surface area contributed by atoms with E-state index in [0.29, 0.717) is 6.54 Å². The number of hydrogen-bond donors (Lipinski definition) is 1. The highest BCUT2D eigenvalue weighted by molar-refractivity contribution is 9.10. The van der Waals surface area contributed by atoms with Crippen LogP contribution in [0.1, 0.15) is 5.56 Å². The Morgan fingerprint density at radius 2 is 2.33 bits per heavy atom. The minimum Gasteiger partial charge on any atom is -0.356 e. The Morgan fingerprint density at radius 3 is 3.00 bits per heavy atom. The number of aromatic nitrogens is 2. The molecule has 0 saturated heterocycles. The largest absolute Gasteiger partial charge is 0.356 e. The predicted octanol–water partition coefficient (Wildman–Crippen LogP) is 3.05. The molecule has 1 heterocycles. The lowest BCUT2D eigenvalue weighted by Crippen LogP contribution is -2.00. The highest BCUT2D eigenvalue weighted by atomic mass is 79.9. The average Bonchev–Trinajstić information content (AvgIpc) is 2.69. The Labute approximate surface area is 98.5 Å². The van der Waals surface area contributed by atoms with Gasteiger partial charge < -0.3 is 5.32 Å². The molecule has 0 aliphatic heterocycles. The molecule has 0 atom stereocenters. The highest BCUT2D eigenvalue weighted by Gasteiger charge is 2.02. The van der Waals surface area contributed by atoms with Crippen LogP contribution in [0.2, 0.25) is 0 Å². The van der Waals surface area contributed by atoms with Crippen molar-refractivity contribution in [3.63, 3.8) is 0 Å². The fraction of sp³-hybridized carbons (Fsp3) is 0.111. The third-order valence-electron chi connectivity index (χ3n) is 1.81. The van der Waals surface area contributed by atoms with Crippen molar-refractivity contribution >= 4 is 32.4 Å². The fourth-order valence-corrected chi connectivity index (χ4v) is 2.02. The summed E-state index contributed by atoms with van der Waals surface area (Å²) in [5, 5.41) is 11.4. The Hall–Kier alpha value is -1.01. The molecular formula is C9H7BrFN3S. The van der Waals surface area contributed by atoms with Gasteiger partial charge in [0.15, 0.2) is 0 Å². The second-order valence-corrected chi connectivity index (χ2v) is 4.52. The van der Waals surface area contributed by atoms with Crippen molar-refractivity contribution in [3.05, 3.63) is 39.6 Å². The van der Waals surface area contributed by atoms with Crippen molar-refractivity contribution in [2.45, 2.75) is 6.54 Å². The topological polar surface area (TPSA) is 37.8 Å². The Bertz CT molecular complexity index is 447. The van der Waals surface area contributed by atoms with E-state index in [1.807, 2.05) is 0 Å². The number of nitrogens with one attached hydrogen (secondary N) is 1. The second kappa shape index (κ2) is 4.67. The quantitative estimate of drug-likeness (QED) is 0.943. The summed E-state index contributed by atoms with van der Waals surface area (Å²) in [7, 11) is 0. The molecule has 3 nitrogen and oxygen atoms in total. The predicted molar refractivity (Wildman–Crippen MR) is 61.3 cm³/mol. The lowest BCUT2D eigenvalue weighted by Gasteiger charge is -2.04. The van der Waals surface area contributed by atoms with E-state index in [-0.39, 0.29) is 5.82 Å². The molecule has 0 unspecified atom stereocenters. The molecule has 0 saturated carbocycles. The maximum Gasteiger partial charge on any atom is 0.205 e. The summed E-state index contributed by atoms with van der Waals surface area (Å²) in [6.07, 6.45) is 0. The number of benzene rings is 1. The van der Waals surface area contributed by atoms with Crippen molar-refractivity contribution in [2.24, 2.45) is 0 Å². The van der Waals surface area contributed by atoms with Crippen molar-refractivity contribution in [3.8, 4) is 0 Å². The maximum absolute atomic E-state index is 12.8. The summed E-state index contributed by atoms with van der Waals surface area (Å²) >= 11 is 4.73. The van der Waals surface area contributed by atoms with Gasteiger partial charge in [-0.3, -0.25) is 0 Å². The first-order chi connectivity index (χ1) is 7.25. The van der Waals surface area contributed by atoms with E-state index in [4.69, 9.17) is 0 Å². The Morgan fingerprint density at radius 1 is 1.47 bits per heavy atom. The van der Waals surface area contributed by atoms with Crippen LogP contribution >= 0.6 is 27.3 Å². The molecule has 2 aromatic rings. The van der Waals surface area contributed by atoms with Crippen LogP contribution in [0.25, 0.3) is 0 Å². The molecule has 2 rings (SSSR count). The van der Waals surface area contributed by atoms with Gasteiger partial charge in [0.1, 0.15) is 11.3 Å². The minimum absolute atomic E-state index is 0.249. The summed E-state index contributed by atoms with van der Waals surface area (Å²) in [6.45, 7) is 0.593. The molecule has 0 aliphatic carbocycles. The molecule has 6 heteroatoms. The molecule has 78 valence electrons. The summed E-state index contributed by atoms with van der Waals surface area (Å²) in [5.74, 6) is -0.249. The monoisotopic (exact) mass is 287 g/mol. The maximum atomic E-state index is 12.8. The van der Waals surface area contributed by atoms with Crippen molar-refractivity contribution in [1.29, 1.82) is 0 Å². The Balaban J connectivity index is 2.05. The van der Waals surface area contributed by atoms with E-state index in [0.717, 1.165) is 15.2 Å². The van der Waals surface area contributed by atoms with Crippen LogP contribution in [0.15, 0.2) is 28.2 Å². The van der Waals surface area contributed by atoms with Crippen molar-refractivity contribution in [2.75, 3.05) is 5.32 Å². The van der Waals surface area contributed by atoms with Gasteiger partial charge in [-0.2, -0.15) is 0 Å². The zero-order valence-corrected chi connectivity index (χ0v) is 9.98. The van der Waals surface area contributed by atoms with E-state index in [2.05, 4.69) is 31.4 Å². The van der Waals surface area contributed by atoms with E-state index in [1.165, 1.54) is 23.5 Å². The lowest BCUT2D eigenvalue weighted by atomic mass is 10.2. The summed E-state index contributed by atoms with van der Waals surface area (Å²) in [6, 6.07) is 4.60. The SMILES string of the molecule is Fc1ccc(CNc2nncs2)c(Br)c1. The van der Waals surface area contributed by atoms with Crippen LogP contribution in [0, 0.1) is 5.82 Å². The third kappa shape index (κ3) is 2.73. The first-order valence-electron chi connectivity index (χ1n) is 4.19. The van der Waals surface area contributed by atoms with Gasteiger partial charge in [0.2, 0.25) is 5.13 Å². The smallest absolute Gasteiger partial charge is 0.205 e. The first-order valence-corrected chi connectivity index (χ1v) is 5.87. The highest BCUT2D eigenvalue weighted by Crippen LogP contribution is 2.19.